The van der Waals surface area contributed by atoms with Gasteiger partial charge in [-0.05, 0) is 42.5 Å². The topological polar surface area (TPSA) is 110 Å². The molecule has 8 nitrogen and oxygen atoms in total. The Kier molecular flexibility index (Phi) is 6.83. The van der Waals surface area contributed by atoms with Gasteiger partial charge in [0.25, 0.3) is 5.91 Å². The molecule has 0 aliphatic carbocycles. The highest BCUT2D eigenvalue weighted by Crippen LogP contribution is 2.18. The van der Waals surface area contributed by atoms with Crippen molar-refractivity contribution in [2.45, 2.75) is 13.5 Å². The average molecular weight is 407 g/mol. The van der Waals surface area contributed by atoms with Crippen LogP contribution in [0.4, 0.5) is 17.1 Å². The van der Waals surface area contributed by atoms with E-state index in [0.717, 1.165) is 5.76 Å². The van der Waals surface area contributed by atoms with Crippen LogP contribution in [0.25, 0.3) is 0 Å². The fraction of sp³-hybridized carbons (Fsp3) is 0.136. The second kappa shape index (κ2) is 9.92. The van der Waals surface area contributed by atoms with Crippen molar-refractivity contribution in [2.24, 2.45) is 0 Å². The van der Waals surface area contributed by atoms with E-state index in [-0.39, 0.29) is 5.91 Å². The molecule has 8 heteroatoms. The quantitative estimate of drug-likeness (QED) is 0.492. The summed E-state index contributed by atoms with van der Waals surface area (Å²) in [6.07, 6.45) is 1.57. The summed E-state index contributed by atoms with van der Waals surface area (Å²) in [7, 11) is 0. The molecule has 0 spiro atoms. The van der Waals surface area contributed by atoms with Crippen LogP contribution in [0.3, 0.4) is 0 Å². The van der Waals surface area contributed by atoms with Gasteiger partial charge >= 0.3 is 5.97 Å². The van der Waals surface area contributed by atoms with Gasteiger partial charge in [-0.3, -0.25) is 9.59 Å². The summed E-state index contributed by atoms with van der Waals surface area (Å²) in [4.78, 5) is 35.7. The highest BCUT2D eigenvalue weighted by molar-refractivity contribution is 5.99. The minimum absolute atomic E-state index is 0.216. The molecule has 0 fully saturated rings. The van der Waals surface area contributed by atoms with E-state index in [1.807, 2.05) is 6.07 Å². The van der Waals surface area contributed by atoms with E-state index in [4.69, 9.17) is 9.15 Å². The zero-order chi connectivity index (χ0) is 21.3. The Balaban J connectivity index is 1.55. The van der Waals surface area contributed by atoms with Gasteiger partial charge in [0.15, 0.2) is 6.61 Å². The fourth-order valence-electron chi connectivity index (χ4n) is 2.69. The van der Waals surface area contributed by atoms with Crippen LogP contribution < -0.4 is 16.0 Å². The Bertz CT molecular complexity index is 1030. The van der Waals surface area contributed by atoms with Gasteiger partial charge in [-0.1, -0.05) is 18.2 Å². The zero-order valence-electron chi connectivity index (χ0n) is 16.3. The number of rotatable bonds is 8. The number of ether oxygens (including phenoxy) is 1. The van der Waals surface area contributed by atoms with Crippen LogP contribution >= 0.6 is 0 Å². The van der Waals surface area contributed by atoms with Crippen LogP contribution in [0.5, 0.6) is 0 Å². The molecule has 2 amide bonds. The van der Waals surface area contributed by atoms with E-state index in [1.165, 1.54) is 6.92 Å². The number of esters is 1. The standard InChI is InChI=1S/C22H21N3O5/c1-15(26)24-16-6-4-7-17(12-16)25-21(27)14-30-22(28)19-9-2-3-10-20(19)23-13-18-8-5-11-29-18/h2-12,23H,13-14H2,1H3,(H,24,26)(H,25,27). The molecule has 0 aliphatic rings. The summed E-state index contributed by atoms with van der Waals surface area (Å²) >= 11 is 0. The highest BCUT2D eigenvalue weighted by atomic mass is 16.5. The number of anilines is 3. The molecule has 3 N–H and O–H groups in total. The molecule has 1 heterocycles. The maximum atomic E-state index is 12.4. The largest absolute Gasteiger partial charge is 0.467 e. The molecule has 0 aliphatic heterocycles. The number of furan rings is 1. The minimum atomic E-state index is -0.625. The zero-order valence-corrected chi connectivity index (χ0v) is 16.3. The first-order valence-electron chi connectivity index (χ1n) is 9.21. The Morgan fingerprint density at radius 3 is 2.43 bits per heavy atom. The number of carbonyl (C=O) groups is 3. The summed E-state index contributed by atoms with van der Waals surface area (Å²) in [5.41, 5.74) is 1.91. The predicted molar refractivity (Wildman–Crippen MR) is 112 cm³/mol. The van der Waals surface area contributed by atoms with Gasteiger partial charge in [0.2, 0.25) is 5.91 Å². The SMILES string of the molecule is CC(=O)Nc1cccc(NC(=O)COC(=O)c2ccccc2NCc2ccco2)c1. The van der Waals surface area contributed by atoms with Crippen LogP contribution in [-0.2, 0) is 20.9 Å². The van der Waals surface area contributed by atoms with E-state index in [2.05, 4.69) is 16.0 Å². The van der Waals surface area contributed by atoms with Crippen molar-refractivity contribution in [2.75, 3.05) is 22.6 Å². The van der Waals surface area contributed by atoms with E-state index in [9.17, 15) is 14.4 Å². The van der Waals surface area contributed by atoms with E-state index in [0.29, 0.717) is 29.2 Å². The van der Waals surface area contributed by atoms with Crippen LogP contribution in [0.2, 0.25) is 0 Å². The number of hydrogen-bond acceptors (Lipinski definition) is 6. The molecule has 0 saturated carbocycles. The van der Waals surface area contributed by atoms with Gasteiger partial charge in [0, 0.05) is 24.0 Å². The molecule has 30 heavy (non-hydrogen) atoms. The van der Waals surface area contributed by atoms with Gasteiger partial charge < -0.3 is 25.1 Å². The monoisotopic (exact) mass is 407 g/mol. The van der Waals surface area contributed by atoms with Crippen LogP contribution in [0.1, 0.15) is 23.0 Å². The van der Waals surface area contributed by atoms with E-state index in [1.54, 1.807) is 60.9 Å². The summed E-state index contributed by atoms with van der Waals surface area (Å²) in [5.74, 6) is -0.616. The Labute approximate surface area is 173 Å². The highest BCUT2D eigenvalue weighted by Gasteiger charge is 2.14. The van der Waals surface area contributed by atoms with Crippen molar-refractivity contribution in [1.82, 2.24) is 0 Å². The third kappa shape index (κ3) is 5.96. The molecule has 1 aromatic heterocycles. The number of carbonyl (C=O) groups excluding carboxylic acids is 3. The lowest BCUT2D eigenvalue weighted by Gasteiger charge is -2.11. The molecule has 0 saturated heterocycles. The lowest BCUT2D eigenvalue weighted by molar-refractivity contribution is -0.119. The van der Waals surface area contributed by atoms with Crippen molar-refractivity contribution in [3.05, 3.63) is 78.3 Å². The Hall–Kier alpha value is -4.07. The fourth-order valence-corrected chi connectivity index (χ4v) is 2.69. The molecule has 3 aromatic rings. The van der Waals surface area contributed by atoms with Crippen molar-refractivity contribution >= 4 is 34.8 Å². The predicted octanol–water partition coefficient (Wildman–Crippen LogP) is 3.65. The molecular weight excluding hydrogens is 386 g/mol. The normalized spacial score (nSPS) is 10.2. The van der Waals surface area contributed by atoms with Crippen molar-refractivity contribution in [3.8, 4) is 0 Å². The second-order valence-corrected chi connectivity index (χ2v) is 6.36. The average Bonchev–Trinajstić information content (AvgIpc) is 3.24. The Morgan fingerprint density at radius 2 is 1.70 bits per heavy atom. The number of hydrogen-bond donors (Lipinski definition) is 3. The van der Waals surface area contributed by atoms with Gasteiger partial charge in [0.05, 0.1) is 18.4 Å². The first kappa shape index (κ1) is 20.7. The van der Waals surface area contributed by atoms with Gasteiger partial charge in [-0.15, -0.1) is 0 Å². The minimum Gasteiger partial charge on any atom is -0.467 e. The number of nitrogens with one attached hydrogen (secondary N) is 3. The van der Waals surface area contributed by atoms with Crippen molar-refractivity contribution in [3.63, 3.8) is 0 Å². The molecule has 154 valence electrons. The summed E-state index contributed by atoms with van der Waals surface area (Å²) in [5, 5.41) is 8.37. The molecule has 0 atom stereocenters. The second-order valence-electron chi connectivity index (χ2n) is 6.36. The lowest BCUT2D eigenvalue weighted by atomic mass is 10.2. The first-order chi connectivity index (χ1) is 14.5. The summed E-state index contributed by atoms with van der Waals surface area (Å²) in [6, 6.07) is 17.1. The van der Waals surface area contributed by atoms with Crippen LogP contribution in [0.15, 0.2) is 71.3 Å². The maximum Gasteiger partial charge on any atom is 0.340 e. The lowest BCUT2D eigenvalue weighted by Crippen LogP contribution is -2.21. The summed E-state index contributed by atoms with van der Waals surface area (Å²) in [6.45, 7) is 1.35. The molecule has 3 rings (SSSR count). The Morgan fingerprint density at radius 1 is 0.933 bits per heavy atom. The smallest absolute Gasteiger partial charge is 0.340 e. The van der Waals surface area contributed by atoms with Crippen LogP contribution in [0, 0.1) is 0 Å². The van der Waals surface area contributed by atoms with Gasteiger partial charge in [0.1, 0.15) is 5.76 Å². The molecule has 0 bridgehead atoms. The number of benzene rings is 2. The van der Waals surface area contributed by atoms with E-state index < -0.39 is 18.5 Å². The third-order valence-electron chi connectivity index (χ3n) is 3.98. The molecular formula is C22H21N3O5. The van der Waals surface area contributed by atoms with Gasteiger partial charge in [-0.2, -0.15) is 0 Å². The molecule has 2 aromatic carbocycles. The van der Waals surface area contributed by atoms with Crippen molar-refractivity contribution < 1.29 is 23.5 Å². The van der Waals surface area contributed by atoms with E-state index >= 15 is 0 Å². The van der Waals surface area contributed by atoms with Crippen LogP contribution in [-0.4, -0.2) is 24.4 Å². The number of para-hydroxylation sites is 1. The van der Waals surface area contributed by atoms with Crippen molar-refractivity contribution in [1.29, 1.82) is 0 Å². The first-order valence-corrected chi connectivity index (χ1v) is 9.21. The molecule has 0 unspecified atom stereocenters. The number of amides is 2. The maximum absolute atomic E-state index is 12.4. The molecule has 0 radical (unpaired) electrons. The third-order valence-corrected chi connectivity index (χ3v) is 3.98. The summed E-state index contributed by atoms with van der Waals surface area (Å²) < 4.78 is 10.4. The van der Waals surface area contributed by atoms with Gasteiger partial charge in [-0.25, -0.2) is 4.79 Å².